The molecule has 7 heteroatoms. The van der Waals surface area contributed by atoms with Crippen molar-refractivity contribution in [2.45, 2.75) is 26.5 Å². The van der Waals surface area contributed by atoms with Gasteiger partial charge in [0.2, 0.25) is 11.7 Å². The average molecular weight is 386 g/mol. The first-order valence-electron chi connectivity index (χ1n) is 8.50. The van der Waals surface area contributed by atoms with Crippen LogP contribution in [0.3, 0.4) is 0 Å². The van der Waals surface area contributed by atoms with E-state index >= 15 is 0 Å². The molecule has 1 heterocycles. The van der Waals surface area contributed by atoms with E-state index < -0.39 is 6.10 Å². The number of amides is 1. The van der Waals surface area contributed by atoms with Gasteiger partial charge in [0.1, 0.15) is 5.75 Å². The standard InChI is InChI=1S/C20H20ClN3O3/c1-13-11-16(9-10-17(13)21)26-14(2)20(25)24(3)12-18-22-19(23-27-18)15-7-5-4-6-8-15/h4-11,14H,12H2,1-3H3/t14-/m1/s1. The largest absolute Gasteiger partial charge is 0.481 e. The van der Waals surface area contributed by atoms with Gasteiger partial charge in [-0.2, -0.15) is 4.98 Å². The molecule has 0 aliphatic rings. The molecule has 0 saturated heterocycles. The molecule has 1 atom stereocenters. The van der Waals surface area contributed by atoms with Crippen molar-refractivity contribution in [2.24, 2.45) is 0 Å². The Hall–Kier alpha value is -2.86. The van der Waals surface area contributed by atoms with Gasteiger partial charge in [-0.3, -0.25) is 4.79 Å². The lowest BCUT2D eigenvalue weighted by Crippen LogP contribution is -2.37. The molecule has 0 bridgehead atoms. The van der Waals surface area contributed by atoms with Crippen molar-refractivity contribution >= 4 is 17.5 Å². The first-order chi connectivity index (χ1) is 12.9. The number of hydrogen-bond acceptors (Lipinski definition) is 5. The van der Waals surface area contributed by atoms with E-state index in [0.29, 0.717) is 22.5 Å². The Morgan fingerprint density at radius 2 is 2.00 bits per heavy atom. The zero-order valence-electron chi connectivity index (χ0n) is 15.3. The maximum Gasteiger partial charge on any atom is 0.263 e. The number of aryl methyl sites for hydroxylation is 1. The minimum Gasteiger partial charge on any atom is -0.481 e. The molecule has 140 valence electrons. The summed E-state index contributed by atoms with van der Waals surface area (Å²) in [6, 6.07) is 14.8. The third kappa shape index (κ3) is 4.65. The number of nitrogens with zero attached hydrogens (tertiary/aromatic N) is 3. The Morgan fingerprint density at radius 1 is 1.26 bits per heavy atom. The Balaban J connectivity index is 1.61. The van der Waals surface area contributed by atoms with Crippen molar-refractivity contribution in [1.29, 1.82) is 0 Å². The van der Waals surface area contributed by atoms with Crippen molar-refractivity contribution < 1.29 is 14.1 Å². The lowest BCUT2D eigenvalue weighted by molar-refractivity contribution is -0.137. The minimum atomic E-state index is -0.660. The summed E-state index contributed by atoms with van der Waals surface area (Å²) in [6.45, 7) is 3.78. The molecule has 0 radical (unpaired) electrons. The molecular weight excluding hydrogens is 366 g/mol. The van der Waals surface area contributed by atoms with Crippen molar-refractivity contribution in [3.63, 3.8) is 0 Å². The quantitative estimate of drug-likeness (QED) is 0.638. The van der Waals surface area contributed by atoms with Crippen LogP contribution in [0, 0.1) is 6.92 Å². The van der Waals surface area contributed by atoms with Crippen LogP contribution in [0.15, 0.2) is 53.1 Å². The topological polar surface area (TPSA) is 68.5 Å². The molecular formula is C20H20ClN3O3. The van der Waals surface area contributed by atoms with Crippen LogP contribution in [0.2, 0.25) is 5.02 Å². The first-order valence-corrected chi connectivity index (χ1v) is 8.87. The van der Waals surface area contributed by atoms with Crippen LogP contribution in [-0.2, 0) is 11.3 Å². The van der Waals surface area contributed by atoms with Crippen LogP contribution < -0.4 is 4.74 Å². The van der Waals surface area contributed by atoms with Gasteiger partial charge in [-0.1, -0.05) is 47.1 Å². The van der Waals surface area contributed by atoms with E-state index in [-0.39, 0.29) is 12.5 Å². The molecule has 1 aromatic heterocycles. The summed E-state index contributed by atoms with van der Waals surface area (Å²) in [5.41, 5.74) is 1.75. The second kappa shape index (κ2) is 8.22. The summed E-state index contributed by atoms with van der Waals surface area (Å²) in [4.78, 5) is 18.4. The predicted octanol–water partition coefficient (Wildman–Crippen LogP) is 4.12. The molecule has 6 nitrogen and oxygen atoms in total. The van der Waals surface area contributed by atoms with Gasteiger partial charge in [0, 0.05) is 17.6 Å². The maximum absolute atomic E-state index is 12.6. The van der Waals surface area contributed by atoms with E-state index in [1.807, 2.05) is 37.3 Å². The van der Waals surface area contributed by atoms with Gasteiger partial charge in [-0.05, 0) is 37.6 Å². The maximum atomic E-state index is 12.6. The van der Waals surface area contributed by atoms with Crippen molar-refractivity contribution in [3.8, 4) is 17.1 Å². The summed E-state index contributed by atoms with van der Waals surface area (Å²) in [5.74, 6) is 1.25. The summed E-state index contributed by atoms with van der Waals surface area (Å²) < 4.78 is 11.0. The second-order valence-electron chi connectivity index (χ2n) is 6.24. The molecule has 0 fully saturated rings. The minimum absolute atomic E-state index is 0.193. The molecule has 3 aromatic rings. The molecule has 0 saturated carbocycles. The van der Waals surface area contributed by atoms with E-state index in [4.69, 9.17) is 20.9 Å². The number of hydrogen-bond donors (Lipinski definition) is 0. The smallest absolute Gasteiger partial charge is 0.263 e. The molecule has 1 amide bonds. The van der Waals surface area contributed by atoms with Crippen LogP contribution in [0.25, 0.3) is 11.4 Å². The fourth-order valence-corrected chi connectivity index (χ4v) is 2.68. The van der Waals surface area contributed by atoms with Gasteiger partial charge in [0.15, 0.2) is 6.10 Å². The number of halogens is 1. The van der Waals surface area contributed by atoms with E-state index in [2.05, 4.69) is 10.1 Å². The van der Waals surface area contributed by atoms with Crippen molar-refractivity contribution in [1.82, 2.24) is 15.0 Å². The fraction of sp³-hybridized carbons (Fsp3) is 0.250. The van der Waals surface area contributed by atoms with Gasteiger partial charge in [-0.25, -0.2) is 0 Å². The van der Waals surface area contributed by atoms with Crippen LogP contribution in [0.5, 0.6) is 5.75 Å². The molecule has 0 aliphatic carbocycles. The molecule has 3 rings (SSSR count). The number of carbonyl (C=O) groups is 1. The highest BCUT2D eigenvalue weighted by molar-refractivity contribution is 6.31. The lowest BCUT2D eigenvalue weighted by Gasteiger charge is -2.21. The molecule has 0 aliphatic heterocycles. The summed E-state index contributed by atoms with van der Waals surface area (Å²) >= 11 is 6.01. The highest BCUT2D eigenvalue weighted by atomic mass is 35.5. The van der Waals surface area contributed by atoms with Crippen molar-refractivity contribution in [3.05, 3.63) is 65.0 Å². The zero-order chi connectivity index (χ0) is 19.4. The van der Waals surface area contributed by atoms with Gasteiger partial charge >= 0.3 is 0 Å². The summed E-state index contributed by atoms with van der Waals surface area (Å²) in [7, 11) is 1.67. The third-order valence-electron chi connectivity index (χ3n) is 4.04. The van der Waals surface area contributed by atoms with E-state index in [0.717, 1.165) is 11.1 Å². The number of carbonyl (C=O) groups excluding carboxylic acids is 1. The van der Waals surface area contributed by atoms with E-state index in [1.54, 1.807) is 32.2 Å². The Labute approximate surface area is 162 Å². The lowest BCUT2D eigenvalue weighted by atomic mass is 10.2. The molecule has 2 aromatic carbocycles. The predicted molar refractivity (Wildman–Crippen MR) is 102 cm³/mol. The van der Waals surface area contributed by atoms with Gasteiger partial charge in [-0.15, -0.1) is 0 Å². The monoisotopic (exact) mass is 385 g/mol. The van der Waals surface area contributed by atoms with Crippen LogP contribution in [0.1, 0.15) is 18.4 Å². The Kier molecular flexibility index (Phi) is 5.76. The summed E-state index contributed by atoms with van der Waals surface area (Å²) in [6.07, 6.45) is -0.660. The molecule has 0 unspecified atom stereocenters. The number of aromatic nitrogens is 2. The number of ether oxygens (including phenoxy) is 1. The third-order valence-corrected chi connectivity index (χ3v) is 4.46. The Bertz CT molecular complexity index is 927. The molecule has 0 N–H and O–H groups in total. The highest BCUT2D eigenvalue weighted by Crippen LogP contribution is 2.22. The van der Waals surface area contributed by atoms with Crippen LogP contribution in [-0.4, -0.2) is 34.1 Å². The SMILES string of the molecule is Cc1cc(O[C@H](C)C(=O)N(C)Cc2nc(-c3ccccc3)no2)ccc1Cl. The van der Waals surface area contributed by atoms with Gasteiger partial charge < -0.3 is 14.2 Å². The fourth-order valence-electron chi connectivity index (χ4n) is 2.56. The van der Waals surface area contributed by atoms with Gasteiger partial charge in [0.05, 0.1) is 6.54 Å². The average Bonchev–Trinajstić information content (AvgIpc) is 3.13. The van der Waals surface area contributed by atoms with Gasteiger partial charge in [0.25, 0.3) is 5.91 Å². The normalized spacial score (nSPS) is 11.9. The zero-order valence-corrected chi connectivity index (χ0v) is 16.1. The highest BCUT2D eigenvalue weighted by Gasteiger charge is 2.21. The van der Waals surface area contributed by atoms with Crippen molar-refractivity contribution in [2.75, 3.05) is 7.05 Å². The molecule has 0 spiro atoms. The van der Waals surface area contributed by atoms with Crippen LogP contribution >= 0.6 is 11.6 Å². The number of benzene rings is 2. The van der Waals surface area contributed by atoms with Crippen LogP contribution in [0.4, 0.5) is 0 Å². The van der Waals surface area contributed by atoms with E-state index in [1.165, 1.54) is 4.90 Å². The second-order valence-corrected chi connectivity index (χ2v) is 6.65. The number of rotatable bonds is 6. The Morgan fingerprint density at radius 3 is 2.70 bits per heavy atom. The number of likely N-dealkylation sites (N-methyl/N-ethyl adjacent to an activating group) is 1. The molecule has 27 heavy (non-hydrogen) atoms. The van der Waals surface area contributed by atoms with E-state index in [9.17, 15) is 4.79 Å². The first kappa shape index (κ1) is 18.9. The summed E-state index contributed by atoms with van der Waals surface area (Å²) in [5, 5.41) is 4.62.